The van der Waals surface area contributed by atoms with Crippen LogP contribution in [0.2, 0.25) is 0 Å². The number of thioether (sulfide) groups is 3. The lowest BCUT2D eigenvalue weighted by molar-refractivity contribution is -1.92. The summed E-state index contributed by atoms with van der Waals surface area (Å²) in [6, 6.07) is 18.2. The highest BCUT2D eigenvalue weighted by atomic mass is 35.7. The van der Waals surface area contributed by atoms with Crippen LogP contribution in [-0.4, -0.2) is 15.4 Å². The Bertz CT molecular complexity index is 1120. The van der Waals surface area contributed by atoms with Gasteiger partial charge in [0.05, 0.1) is 25.0 Å². The van der Waals surface area contributed by atoms with Crippen LogP contribution in [0, 0.1) is 51.8 Å². The van der Waals surface area contributed by atoms with Gasteiger partial charge in [-0.2, -0.15) is 14.0 Å². The molecule has 3 aromatic rings. The number of benzene rings is 3. The third-order valence-electron chi connectivity index (χ3n) is 6.15. The van der Waals surface area contributed by atoms with Crippen molar-refractivity contribution >= 4 is 35.3 Å². The van der Waals surface area contributed by atoms with Gasteiger partial charge in [-0.15, -0.1) is 23.5 Å². The maximum absolute atomic E-state index is 12.1. The largest absolute Gasteiger partial charge is 0.299 e. The average molecular weight is 549 g/mol. The summed E-state index contributed by atoms with van der Waals surface area (Å²) in [6.07, 6.45) is 0. The van der Waals surface area contributed by atoms with Crippen LogP contribution in [0.5, 0.6) is 0 Å². The molecule has 2 unspecified atom stereocenters. The molecule has 0 bridgehead atoms. The van der Waals surface area contributed by atoms with Gasteiger partial charge >= 0.3 is 0 Å². The molecule has 0 heterocycles. The van der Waals surface area contributed by atoms with E-state index in [1.54, 1.807) is 23.5 Å². The smallest absolute Gasteiger partial charge is 0.183 e. The lowest BCUT2D eigenvalue weighted by atomic mass is 10.2. The molecule has 0 N–H and O–H groups in total. The van der Waals surface area contributed by atoms with Crippen LogP contribution in [0.15, 0.2) is 69.3 Å². The Morgan fingerprint density at radius 1 is 0.600 bits per heavy atom. The molecule has 0 spiro atoms. The topological polar surface area (TPSA) is 78.4 Å². The van der Waals surface area contributed by atoms with Crippen molar-refractivity contribution in [1.82, 2.24) is 0 Å². The minimum absolute atomic E-state index is 0.258. The van der Waals surface area contributed by atoms with Gasteiger partial charge in [-0.05, 0) is 74.9 Å². The van der Waals surface area contributed by atoms with E-state index in [1.807, 2.05) is 44.2 Å². The van der Waals surface area contributed by atoms with Gasteiger partial charge < -0.3 is 0 Å². The molecule has 4 rings (SSSR count). The summed E-state index contributed by atoms with van der Waals surface area (Å²) in [5.74, 6) is 0. The van der Waals surface area contributed by atoms with E-state index in [2.05, 4.69) is 52.0 Å². The molecule has 0 amide bonds. The monoisotopic (exact) mass is 548 g/mol. The van der Waals surface area contributed by atoms with Crippen LogP contribution in [0.4, 0.5) is 0 Å². The Morgan fingerprint density at radius 2 is 0.914 bits per heavy atom. The molecular weight excluding hydrogens is 520 g/mol. The maximum Gasteiger partial charge on any atom is 0.299 e. The zero-order valence-electron chi connectivity index (χ0n) is 20.6. The molecule has 1 fully saturated rings. The van der Waals surface area contributed by atoms with Crippen molar-refractivity contribution in [2.45, 2.75) is 71.7 Å². The Labute approximate surface area is 222 Å². The second kappa shape index (κ2) is 10.3. The molecule has 1 saturated carbocycles. The highest BCUT2D eigenvalue weighted by Crippen LogP contribution is 2.67. The first-order valence-corrected chi connectivity index (χ1v) is 15.1. The predicted molar refractivity (Wildman–Crippen MR) is 137 cm³/mol. The normalized spacial score (nSPS) is 21.9. The van der Waals surface area contributed by atoms with Gasteiger partial charge in [-0.3, -0.25) is 0 Å². The minimum Gasteiger partial charge on any atom is -0.183 e. The minimum atomic E-state index is -4.64. The van der Waals surface area contributed by atoms with Crippen LogP contribution < -0.4 is 14.0 Å². The molecule has 0 saturated heterocycles. The Balaban J connectivity index is 1.81. The van der Waals surface area contributed by atoms with Gasteiger partial charge in [0.2, 0.25) is 0 Å². The summed E-state index contributed by atoms with van der Waals surface area (Å²) in [5, 5.41) is -0.516. The predicted octanol–water partition coefficient (Wildman–Crippen LogP) is 4.57. The second-order valence-corrected chi connectivity index (χ2v) is 13.5. The van der Waals surface area contributed by atoms with E-state index in [0.29, 0.717) is 0 Å². The molecule has 35 heavy (non-hydrogen) atoms. The molecule has 0 aliphatic heterocycles. The quantitative estimate of drug-likeness (QED) is 0.381. The van der Waals surface area contributed by atoms with Crippen molar-refractivity contribution in [1.29, 1.82) is 0 Å². The van der Waals surface area contributed by atoms with Crippen molar-refractivity contribution in [2.75, 3.05) is 0 Å². The molecule has 0 radical (unpaired) electrons. The van der Waals surface area contributed by atoms with Gasteiger partial charge in [-0.25, -0.2) is 0 Å². The van der Waals surface area contributed by atoms with Gasteiger partial charge in [0.25, 0.3) is 4.93 Å². The Hall–Kier alpha value is -1.16. The fourth-order valence-corrected chi connectivity index (χ4v) is 10.4. The highest BCUT2D eigenvalue weighted by molar-refractivity contribution is 8.09. The van der Waals surface area contributed by atoms with E-state index >= 15 is 0 Å². The molecule has 3 aromatic carbocycles. The molecule has 0 aromatic heterocycles. The summed E-state index contributed by atoms with van der Waals surface area (Å²) in [6.45, 7) is 12.2. The zero-order chi connectivity index (χ0) is 25.5. The van der Waals surface area contributed by atoms with Crippen molar-refractivity contribution in [3.8, 4) is 0 Å². The third kappa shape index (κ3) is 5.73. The third-order valence-corrected chi connectivity index (χ3v) is 12.4. The number of hydrogen-bond acceptors (Lipinski definition) is 7. The summed E-state index contributed by atoms with van der Waals surface area (Å²) < 4.78 is 41.7. The number of hydrogen-bond donors (Lipinski definition) is 0. The number of rotatable bonds is 8. The average Bonchev–Trinajstić information content (AvgIpc) is 3.32. The van der Waals surface area contributed by atoms with E-state index < -0.39 is 15.2 Å². The summed E-state index contributed by atoms with van der Waals surface area (Å²) in [4.78, 5) is 1.90. The SMILES string of the molecule is Cc1cccc(C)c1SC1C(Sc2c(C)cccc2C)C1(O[Cl+3]([O-])([O-])[O-])Sc1c(C)cccc1C. The van der Waals surface area contributed by atoms with Crippen molar-refractivity contribution in [3.05, 3.63) is 88.0 Å². The highest BCUT2D eigenvalue weighted by Gasteiger charge is 2.78. The fraction of sp³-hybridized carbons (Fsp3) is 0.333. The van der Waals surface area contributed by atoms with Crippen molar-refractivity contribution < 1.29 is 28.5 Å². The molecule has 1 aliphatic carbocycles. The van der Waals surface area contributed by atoms with Crippen LogP contribution in [0.3, 0.4) is 0 Å². The number of aryl methyl sites for hydroxylation is 6. The van der Waals surface area contributed by atoms with Gasteiger partial charge in [0, 0.05) is 14.7 Å². The van der Waals surface area contributed by atoms with Gasteiger partial charge in [0.15, 0.2) is 0 Å². The first-order chi connectivity index (χ1) is 16.4. The lowest BCUT2D eigenvalue weighted by Gasteiger charge is -2.21. The molecule has 186 valence electrons. The van der Waals surface area contributed by atoms with E-state index in [-0.39, 0.29) is 10.5 Å². The lowest BCUT2D eigenvalue weighted by Crippen LogP contribution is -2.62. The number of halogens is 1. The van der Waals surface area contributed by atoms with E-state index in [0.717, 1.165) is 48.1 Å². The maximum atomic E-state index is 12.1. The molecule has 1 aliphatic rings. The first kappa shape index (κ1) is 26.9. The van der Waals surface area contributed by atoms with Crippen LogP contribution >= 0.6 is 35.3 Å². The van der Waals surface area contributed by atoms with E-state index in [4.69, 9.17) is 4.29 Å². The van der Waals surface area contributed by atoms with Crippen LogP contribution in [-0.2, 0) is 4.29 Å². The van der Waals surface area contributed by atoms with Gasteiger partial charge in [-0.1, -0.05) is 66.4 Å². The second-order valence-electron chi connectivity index (χ2n) is 9.02. The summed E-state index contributed by atoms with van der Waals surface area (Å²) in [5.41, 5.74) is 6.52. The summed E-state index contributed by atoms with van der Waals surface area (Å²) >= 11 is 4.58. The van der Waals surface area contributed by atoms with Gasteiger partial charge in [0.1, 0.15) is 0 Å². The molecule has 8 heteroatoms. The van der Waals surface area contributed by atoms with Crippen LogP contribution in [0.1, 0.15) is 33.4 Å². The van der Waals surface area contributed by atoms with Crippen molar-refractivity contribution in [3.63, 3.8) is 0 Å². The zero-order valence-corrected chi connectivity index (χ0v) is 23.8. The standard InChI is InChI=1S/C27H29ClO4S3/c1-16-10-7-11-17(2)22(16)33-25-26(34-23-18(3)12-8-13-19(23)4)27(25,32-28(29,30)31)35-24-20(5)14-9-15-21(24)6/h7-15,25-26H,1-6H3. The van der Waals surface area contributed by atoms with E-state index in [9.17, 15) is 14.0 Å². The first-order valence-electron chi connectivity index (χ1n) is 11.3. The summed E-state index contributed by atoms with van der Waals surface area (Å²) in [7, 11) is -4.64. The fourth-order valence-electron chi connectivity index (χ4n) is 4.28. The Kier molecular flexibility index (Phi) is 7.92. The molecular formula is C27H29ClO4S3. The molecule has 2 atom stereocenters. The van der Waals surface area contributed by atoms with E-state index in [1.165, 1.54) is 11.8 Å². The van der Waals surface area contributed by atoms with Crippen molar-refractivity contribution in [2.24, 2.45) is 0 Å². The Morgan fingerprint density at radius 3 is 1.23 bits per heavy atom. The molecule has 4 nitrogen and oxygen atoms in total. The van der Waals surface area contributed by atoms with Crippen LogP contribution in [0.25, 0.3) is 0 Å².